The lowest BCUT2D eigenvalue weighted by Crippen LogP contribution is -2.61. The highest BCUT2D eigenvalue weighted by Gasteiger charge is 2.47. The lowest BCUT2D eigenvalue weighted by atomic mass is 9.65. The van der Waals surface area contributed by atoms with Crippen LogP contribution in [0, 0.1) is 11.8 Å². The fourth-order valence-corrected chi connectivity index (χ4v) is 5.84. The second kappa shape index (κ2) is 5.58. The summed E-state index contributed by atoms with van der Waals surface area (Å²) in [5, 5.41) is 1.85. The molecule has 3 aliphatic heterocycles. The van der Waals surface area contributed by atoms with Crippen molar-refractivity contribution in [1.82, 2.24) is 4.90 Å². The molecule has 0 unspecified atom stereocenters. The molecule has 0 saturated carbocycles. The van der Waals surface area contributed by atoms with Gasteiger partial charge in [-0.3, -0.25) is 9.69 Å². The first kappa shape index (κ1) is 15.6. The van der Waals surface area contributed by atoms with E-state index in [0.717, 1.165) is 20.0 Å². The summed E-state index contributed by atoms with van der Waals surface area (Å²) in [4.78, 5) is 16.4. The smallest absolute Gasteiger partial charge is 0.173 e. The summed E-state index contributed by atoms with van der Waals surface area (Å²) in [5.74, 6) is 1.49. The van der Waals surface area contributed by atoms with Crippen LogP contribution in [0.1, 0.15) is 42.8 Å². The number of halogens is 1. The van der Waals surface area contributed by atoms with Crippen molar-refractivity contribution in [3.63, 3.8) is 0 Å². The topological polar surface area (TPSA) is 20.3 Å². The first-order valence-electron chi connectivity index (χ1n) is 8.42. The highest BCUT2D eigenvalue weighted by atomic mass is 35.5. The predicted octanol–water partition coefficient (Wildman–Crippen LogP) is 5.25. The summed E-state index contributed by atoms with van der Waals surface area (Å²) in [6, 6.07) is 7.88. The van der Waals surface area contributed by atoms with E-state index in [1.165, 1.54) is 25.9 Å². The van der Waals surface area contributed by atoms with Crippen LogP contribution in [0.4, 0.5) is 0 Å². The number of benzene rings is 1. The fraction of sp³-hybridized carbons (Fsp3) is 0.526. The minimum Gasteiger partial charge on any atom is -0.298 e. The maximum Gasteiger partial charge on any atom is 0.173 e. The van der Waals surface area contributed by atoms with Crippen molar-refractivity contribution < 1.29 is 4.79 Å². The van der Waals surface area contributed by atoms with E-state index in [1.54, 1.807) is 11.3 Å². The van der Waals surface area contributed by atoms with Crippen LogP contribution in [-0.4, -0.2) is 29.3 Å². The summed E-state index contributed by atoms with van der Waals surface area (Å²) >= 11 is 7.64. The second-order valence-corrected chi connectivity index (χ2v) is 9.02. The average Bonchev–Trinajstić information content (AvgIpc) is 2.94. The van der Waals surface area contributed by atoms with Crippen molar-refractivity contribution in [3.8, 4) is 0 Å². The number of hydrogen-bond donors (Lipinski definition) is 0. The molecule has 122 valence electrons. The number of carbonyl (C=O) groups is 1. The van der Waals surface area contributed by atoms with Crippen LogP contribution in [0.3, 0.4) is 0 Å². The Balaban J connectivity index is 1.59. The van der Waals surface area contributed by atoms with Crippen molar-refractivity contribution in [2.75, 3.05) is 13.1 Å². The van der Waals surface area contributed by atoms with Gasteiger partial charge >= 0.3 is 0 Å². The van der Waals surface area contributed by atoms with Gasteiger partial charge in [-0.05, 0) is 75.2 Å². The van der Waals surface area contributed by atoms with Gasteiger partial charge in [0.05, 0.1) is 4.88 Å². The number of nitrogens with zero attached hydrogens (tertiary/aromatic N) is 1. The van der Waals surface area contributed by atoms with Gasteiger partial charge in [-0.15, -0.1) is 11.3 Å². The molecular formula is C19H22ClNOS. The standard InChI is InChI=1S/C19H22ClNOS/c1-19(2)15(12-5-7-21(19)8-6-12)11-16(22)18-9-13-3-4-14(20)10-17(13)23-18/h3-4,9-10,12,15H,5-8,11H2,1-2H3/t15-/m0/s1. The van der Waals surface area contributed by atoms with Crippen molar-refractivity contribution in [1.29, 1.82) is 0 Å². The summed E-state index contributed by atoms with van der Waals surface area (Å²) in [6.45, 7) is 7.04. The molecule has 1 aromatic heterocycles. The Morgan fingerprint density at radius 2 is 2.04 bits per heavy atom. The number of hydrogen-bond acceptors (Lipinski definition) is 3. The van der Waals surface area contributed by atoms with Crippen LogP contribution in [0.25, 0.3) is 10.1 Å². The maximum absolute atomic E-state index is 12.9. The molecule has 5 rings (SSSR count). The molecule has 0 amide bonds. The van der Waals surface area contributed by atoms with Gasteiger partial charge in [0.25, 0.3) is 0 Å². The number of thiophene rings is 1. The van der Waals surface area contributed by atoms with Gasteiger partial charge in [0.2, 0.25) is 0 Å². The molecule has 1 atom stereocenters. The molecule has 1 aromatic carbocycles. The summed E-state index contributed by atoms with van der Waals surface area (Å²) in [6.07, 6.45) is 3.18. The van der Waals surface area contributed by atoms with Crippen LogP contribution in [-0.2, 0) is 0 Å². The van der Waals surface area contributed by atoms with Crippen molar-refractivity contribution >= 4 is 38.8 Å². The third kappa shape index (κ3) is 2.63. The Morgan fingerprint density at radius 1 is 1.30 bits per heavy atom. The number of carbonyl (C=O) groups excluding carboxylic acids is 1. The lowest BCUT2D eigenvalue weighted by Gasteiger charge is -2.56. The minimum absolute atomic E-state index is 0.150. The molecule has 4 heterocycles. The van der Waals surface area contributed by atoms with Crippen LogP contribution in [0.15, 0.2) is 24.3 Å². The van der Waals surface area contributed by atoms with Gasteiger partial charge in [0, 0.05) is 21.7 Å². The van der Waals surface area contributed by atoms with Gasteiger partial charge in [-0.2, -0.15) is 0 Å². The van der Waals surface area contributed by atoms with Crippen LogP contribution < -0.4 is 0 Å². The monoisotopic (exact) mass is 347 g/mol. The molecule has 0 N–H and O–H groups in total. The van der Waals surface area contributed by atoms with E-state index in [0.29, 0.717) is 24.0 Å². The zero-order valence-corrected chi connectivity index (χ0v) is 15.2. The first-order chi connectivity index (χ1) is 10.9. The maximum atomic E-state index is 12.9. The predicted molar refractivity (Wildman–Crippen MR) is 97.6 cm³/mol. The van der Waals surface area contributed by atoms with E-state index in [9.17, 15) is 4.79 Å². The third-order valence-corrected chi connectivity index (χ3v) is 7.37. The Bertz CT molecular complexity index is 758. The number of piperidine rings is 3. The zero-order valence-electron chi connectivity index (χ0n) is 13.6. The van der Waals surface area contributed by atoms with E-state index in [-0.39, 0.29) is 5.54 Å². The second-order valence-electron chi connectivity index (χ2n) is 7.50. The molecule has 2 nitrogen and oxygen atoms in total. The summed E-state index contributed by atoms with van der Waals surface area (Å²) < 4.78 is 1.11. The molecule has 0 spiro atoms. The Hall–Kier alpha value is -0.900. The molecule has 4 heteroatoms. The highest BCUT2D eigenvalue weighted by molar-refractivity contribution is 7.20. The van der Waals surface area contributed by atoms with Crippen LogP contribution >= 0.6 is 22.9 Å². The van der Waals surface area contributed by atoms with Crippen LogP contribution in [0.2, 0.25) is 5.02 Å². The molecule has 0 radical (unpaired) electrons. The molecular weight excluding hydrogens is 326 g/mol. The van der Waals surface area contributed by atoms with Gasteiger partial charge < -0.3 is 0 Å². The van der Waals surface area contributed by atoms with Gasteiger partial charge in [-0.1, -0.05) is 17.7 Å². The van der Waals surface area contributed by atoms with Crippen molar-refractivity contribution in [3.05, 3.63) is 34.2 Å². The largest absolute Gasteiger partial charge is 0.298 e. The summed E-state index contributed by atoms with van der Waals surface area (Å²) in [5.41, 5.74) is 0.150. The van der Waals surface area contributed by atoms with E-state index in [1.807, 2.05) is 24.3 Å². The molecule has 2 bridgehead atoms. The fourth-order valence-electron chi connectivity index (χ4n) is 4.55. The van der Waals surface area contributed by atoms with Gasteiger partial charge in [0.15, 0.2) is 5.78 Å². The number of fused-ring (bicyclic) bond motifs is 4. The van der Waals surface area contributed by atoms with Crippen molar-refractivity contribution in [2.24, 2.45) is 11.8 Å². The third-order valence-electron chi connectivity index (χ3n) is 5.99. The normalized spacial score (nSPS) is 29.1. The quantitative estimate of drug-likeness (QED) is 0.707. The van der Waals surface area contributed by atoms with E-state index in [4.69, 9.17) is 11.6 Å². The Morgan fingerprint density at radius 3 is 2.74 bits per heavy atom. The molecule has 23 heavy (non-hydrogen) atoms. The molecule has 3 fully saturated rings. The molecule has 2 aromatic rings. The van der Waals surface area contributed by atoms with Gasteiger partial charge in [-0.25, -0.2) is 0 Å². The number of ketones is 1. The van der Waals surface area contributed by atoms with Gasteiger partial charge in [0.1, 0.15) is 0 Å². The molecule has 0 aliphatic carbocycles. The Labute approximate surface area is 146 Å². The van der Waals surface area contributed by atoms with E-state index < -0.39 is 0 Å². The van der Waals surface area contributed by atoms with Crippen LogP contribution in [0.5, 0.6) is 0 Å². The lowest BCUT2D eigenvalue weighted by molar-refractivity contribution is -0.0643. The summed E-state index contributed by atoms with van der Waals surface area (Å²) in [7, 11) is 0. The average molecular weight is 348 g/mol. The molecule has 3 aliphatic rings. The highest BCUT2D eigenvalue weighted by Crippen LogP contribution is 2.46. The SMILES string of the molecule is CC1(C)[C@@H](CC(=O)c2cc3ccc(Cl)cc3s2)C2CCN1CC2. The van der Waals surface area contributed by atoms with E-state index >= 15 is 0 Å². The number of rotatable bonds is 3. The Kier molecular flexibility index (Phi) is 3.79. The first-order valence-corrected chi connectivity index (χ1v) is 9.62. The minimum atomic E-state index is 0.150. The zero-order chi connectivity index (χ0) is 16.2. The number of Topliss-reactive ketones (excluding diaryl/α,β-unsaturated/α-hetero) is 1. The van der Waals surface area contributed by atoms with Crippen molar-refractivity contribution in [2.45, 2.75) is 38.6 Å². The van der Waals surface area contributed by atoms with E-state index in [2.05, 4.69) is 18.7 Å². The molecule has 3 saturated heterocycles.